The molecule has 1 aromatic rings. The summed E-state index contributed by atoms with van der Waals surface area (Å²) in [6.07, 6.45) is 7.77. The lowest BCUT2D eigenvalue weighted by Crippen LogP contribution is -2.43. The topological polar surface area (TPSA) is 28.2 Å². The second-order valence-corrected chi connectivity index (χ2v) is 5.73. The minimum Gasteiger partial charge on any atom is -0.367 e. The van der Waals surface area contributed by atoms with Gasteiger partial charge in [-0.3, -0.25) is 4.98 Å². The zero-order chi connectivity index (χ0) is 13.7. The molecule has 2 heterocycles. The molecule has 1 aliphatic heterocycles. The third kappa shape index (κ3) is 3.47. The Morgan fingerprint density at radius 1 is 1.42 bits per heavy atom. The molecule has 0 spiro atoms. The summed E-state index contributed by atoms with van der Waals surface area (Å²) in [4.78, 5) is 6.88. The summed E-state index contributed by atoms with van der Waals surface area (Å²) in [6.45, 7) is 10.1. The summed E-state index contributed by atoms with van der Waals surface area (Å²) < 4.78 is 0. The number of hydrogen-bond acceptors (Lipinski definition) is 3. The molecule has 1 saturated heterocycles. The SMILES string of the molecule is CCCNCc1ccncc1N1CCCC(C)C1C. The second-order valence-electron chi connectivity index (χ2n) is 5.73. The van der Waals surface area contributed by atoms with E-state index in [9.17, 15) is 0 Å². The van der Waals surface area contributed by atoms with Gasteiger partial charge in [0.25, 0.3) is 0 Å². The Balaban J connectivity index is 2.13. The molecule has 2 atom stereocenters. The highest BCUT2D eigenvalue weighted by molar-refractivity contribution is 5.53. The highest BCUT2D eigenvalue weighted by Crippen LogP contribution is 2.30. The molecule has 2 unspecified atom stereocenters. The van der Waals surface area contributed by atoms with Crippen LogP contribution in [0.4, 0.5) is 5.69 Å². The van der Waals surface area contributed by atoms with Crippen molar-refractivity contribution in [2.45, 2.75) is 52.6 Å². The molecule has 1 fully saturated rings. The Kier molecular flexibility index (Phi) is 5.20. The first-order valence-corrected chi connectivity index (χ1v) is 7.64. The number of aromatic nitrogens is 1. The van der Waals surface area contributed by atoms with Crippen LogP contribution >= 0.6 is 0 Å². The van der Waals surface area contributed by atoms with Crippen LogP contribution in [0.1, 0.15) is 45.6 Å². The maximum absolute atomic E-state index is 4.34. The molecule has 1 aromatic heterocycles. The summed E-state index contributed by atoms with van der Waals surface area (Å²) in [7, 11) is 0. The lowest BCUT2D eigenvalue weighted by Gasteiger charge is -2.40. The molecule has 2 rings (SSSR count). The van der Waals surface area contributed by atoms with E-state index < -0.39 is 0 Å². The molecule has 0 amide bonds. The minimum atomic E-state index is 0.614. The van der Waals surface area contributed by atoms with E-state index in [0.717, 1.165) is 25.6 Å². The molecule has 0 aliphatic carbocycles. The molecule has 3 nitrogen and oxygen atoms in total. The molecule has 1 aliphatic rings. The van der Waals surface area contributed by atoms with E-state index >= 15 is 0 Å². The van der Waals surface area contributed by atoms with Crippen molar-refractivity contribution in [1.82, 2.24) is 10.3 Å². The van der Waals surface area contributed by atoms with E-state index in [1.165, 1.54) is 30.5 Å². The van der Waals surface area contributed by atoms with Crippen molar-refractivity contribution in [1.29, 1.82) is 0 Å². The van der Waals surface area contributed by atoms with Crippen molar-refractivity contribution in [2.24, 2.45) is 5.92 Å². The zero-order valence-electron chi connectivity index (χ0n) is 12.5. The number of pyridine rings is 1. The summed E-state index contributed by atoms with van der Waals surface area (Å²) in [5.41, 5.74) is 2.70. The molecule has 0 bridgehead atoms. The Morgan fingerprint density at radius 3 is 3.05 bits per heavy atom. The molecule has 0 radical (unpaired) electrons. The van der Waals surface area contributed by atoms with Gasteiger partial charge in [-0.1, -0.05) is 13.8 Å². The molecule has 1 N–H and O–H groups in total. The standard InChI is InChI=1S/C16H27N3/c1-4-8-17-11-15-7-9-18-12-16(15)19-10-5-6-13(2)14(19)3/h7,9,12-14,17H,4-6,8,10-11H2,1-3H3. The van der Waals surface area contributed by atoms with Crippen molar-refractivity contribution in [3.63, 3.8) is 0 Å². The third-order valence-electron chi connectivity index (χ3n) is 4.31. The van der Waals surface area contributed by atoms with E-state index in [1.54, 1.807) is 0 Å². The van der Waals surface area contributed by atoms with Gasteiger partial charge in [-0.15, -0.1) is 0 Å². The van der Waals surface area contributed by atoms with Gasteiger partial charge >= 0.3 is 0 Å². The van der Waals surface area contributed by atoms with Gasteiger partial charge in [0.2, 0.25) is 0 Å². The van der Waals surface area contributed by atoms with Gasteiger partial charge in [0.15, 0.2) is 0 Å². The van der Waals surface area contributed by atoms with Gasteiger partial charge in [-0.2, -0.15) is 0 Å². The number of rotatable bonds is 5. The first-order valence-electron chi connectivity index (χ1n) is 7.64. The predicted octanol–water partition coefficient (Wildman–Crippen LogP) is 3.21. The van der Waals surface area contributed by atoms with Crippen LogP contribution in [0.25, 0.3) is 0 Å². The molecular weight excluding hydrogens is 234 g/mol. The van der Waals surface area contributed by atoms with Crippen LogP contribution in [0.15, 0.2) is 18.5 Å². The van der Waals surface area contributed by atoms with Crippen LogP contribution < -0.4 is 10.2 Å². The first-order chi connectivity index (χ1) is 9.24. The van der Waals surface area contributed by atoms with Gasteiger partial charge < -0.3 is 10.2 Å². The summed E-state index contributed by atoms with van der Waals surface area (Å²) in [5, 5.41) is 3.50. The van der Waals surface area contributed by atoms with E-state index in [0.29, 0.717) is 6.04 Å². The summed E-state index contributed by atoms with van der Waals surface area (Å²) >= 11 is 0. The fraction of sp³-hybridized carbons (Fsp3) is 0.688. The third-order valence-corrected chi connectivity index (χ3v) is 4.31. The summed E-state index contributed by atoms with van der Waals surface area (Å²) in [5.74, 6) is 0.769. The largest absolute Gasteiger partial charge is 0.367 e. The van der Waals surface area contributed by atoms with Gasteiger partial charge in [-0.25, -0.2) is 0 Å². The highest BCUT2D eigenvalue weighted by Gasteiger charge is 2.26. The average molecular weight is 261 g/mol. The monoisotopic (exact) mass is 261 g/mol. The van der Waals surface area contributed by atoms with Gasteiger partial charge in [0.1, 0.15) is 0 Å². The molecule has 0 aromatic carbocycles. The molecule has 0 saturated carbocycles. The second kappa shape index (κ2) is 6.90. The zero-order valence-corrected chi connectivity index (χ0v) is 12.5. The fourth-order valence-electron chi connectivity index (χ4n) is 2.90. The number of anilines is 1. The van der Waals surface area contributed by atoms with Crippen molar-refractivity contribution in [3.05, 3.63) is 24.0 Å². The Morgan fingerprint density at radius 2 is 2.26 bits per heavy atom. The molecular formula is C16H27N3. The molecule has 19 heavy (non-hydrogen) atoms. The number of piperidine rings is 1. The number of nitrogens with zero attached hydrogens (tertiary/aromatic N) is 2. The quantitative estimate of drug-likeness (QED) is 0.825. The fourth-order valence-corrected chi connectivity index (χ4v) is 2.90. The maximum Gasteiger partial charge on any atom is 0.0600 e. The number of hydrogen-bond donors (Lipinski definition) is 1. The van der Waals surface area contributed by atoms with E-state index in [1.807, 2.05) is 12.4 Å². The van der Waals surface area contributed by atoms with Crippen molar-refractivity contribution in [2.75, 3.05) is 18.0 Å². The number of nitrogens with one attached hydrogen (secondary N) is 1. The lowest BCUT2D eigenvalue weighted by molar-refractivity contribution is 0.362. The maximum atomic E-state index is 4.34. The highest BCUT2D eigenvalue weighted by atomic mass is 15.2. The van der Waals surface area contributed by atoms with Crippen molar-refractivity contribution in [3.8, 4) is 0 Å². The predicted molar refractivity (Wildman–Crippen MR) is 81.4 cm³/mol. The normalized spacial score (nSPS) is 23.6. The van der Waals surface area contributed by atoms with Crippen LogP contribution in [-0.2, 0) is 6.54 Å². The molecule has 106 valence electrons. The van der Waals surface area contributed by atoms with Crippen molar-refractivity contribution >= 4 is 5.69 Å². The van der Waals surface area contributed by atoms with Crippen LogP contribution in [0.3, 0.4) is 0 Å². The van der Waals surface area contributed by atoms with Crippen LogP contribution in [-0.4, -0.2) is 24.1 Å². The van der Waals surface area contributed by atoms with Gasteiger partial charge in [-0.05, 0) is 50.3 Å². The van der Waals surface area contributed by atoms with Crippen molar-refractivity contribution < 1.29 is 0 Å². The van der Waals surface area contributed by atoms with Gasteiger partial charge in [0.05, 0.1) is 11.9 Å². The van der Waals surface area contributed by atoms with Crippen LogP contribution in [0, 0.1) is 5.92 Å². The summed E-state index contributed by atoms with van der Waals surface area (Å²) in [6, 6.07) is 2.77. The first kappa shape index (κ1) is 14.3. The smallest absolute Gasteiger partial charge is 0.0600 e. The minimum absolute atomic E-state index is 0.614. The van der Waals surface area contributed by atoms with Gasteiger partial charge in [0, 0.05) is 25.3 Å². The van der Waals surface area contributed by atoms with E-state index in [-0.39, 0.29) is 0 Å². The van der Waals surface area contributed by atoms with E-state index in [2.05, 4.69) is 42.0 Å². The average Bonchev–Trinajstić information content (AvgIpc) is 2.43. The lowest BCUT2D eigenvalue weighted by atomic mass is 9.91. The molecule has 3 heteroatoms. The van der Waals surface area contributed by atoms with Crippen LogP contribution in [0.5, 0.6) is 0 Å². The van der Waals surface area contributed by atoms with Crippen LogP contribution in [0.2, 0.25) is 0 Å². The Bertz CT molecular complexity index is 391. The van der Waals surface area contributed by atoms with E-state index in [4.69, 9.17) is 0 Å². The Hall–Kier alpha value is -1.09. The Labute approximate surface area is 117 Å².